The van der Waals surface area contributed by atoms with Gasteiger partial charge in [-0.2, -0.15) is 5.10 Å². The maximum Gasteiger partial charge on any atom is 0.410 e. The lowest BCUT2D eigenvalue weighted by molar-refractivity contribution is 0.0203. The molecule has 36 heavy (non-hydrogen) atoms. The molecule has 0 radical (unpaired) electrons. The minimum Gasteiger partial charge on any atom is -0.444 e. The number of aromatic amines is 1. The number of fused-ring (bicyclic) bond motifs is 1. The lowest BCUT2D eigenvalue weighted by Gasteiger charge is -2.33. The van der Waals surface area contributed by atoms with Crippen LogP contribution in [0.25, 0.3) is 17.1 Å². The van der Waals surface area contributed by atoms with Crippen LogP contribution in [0.1, 0.15) is 56.7 Å². The van der Waals surface area contributed by atoms with Crippen molar-refractivity contribution in [2.24, 2.45) is 0 Å². The molecule has 0 aliphatic carbocycles. The highest BCUT2D eigenvalue weighted by atomic mass is 35.5. The summed E-state index contributed by atoms with van der Waals surface area (Å²) in [6, 6.07) is 8.99. The van der Waals surface area contributed by atoms with E-state index in [1.807, 2.05) is 45.0 Å². The number of piperidine rings is 1. The van der Waals surface area contributed by atoms with Crippen molar-refractivity contribution in [1.82, 2.24) is 29.7 Å². The van der Waals surface area contributed by atoms with Crippen molar-refractivity contribution in [3.8, 4) is 11.5 Å². The highest BCUT2D eigenvalue weighted by molar-refractivity contribution is 6.30. The lowest BCUT2D eigenvalue weighted by atomic mass is 9.93. The highest BCUT2D eigenvalue weighted by Gasteiger charge is 2.29. The van der Waals surface area contributed by atoms with Crippen molar-refractivity contribution >= 4 is 23.3 Å². The Hall–Kier alpha value is -3.66. The zero-order valence-electron chi connectivity index (χ0n) is 20.3. The Labute approximate surface area is 212 Å². The van der Waals surface area contributed by atoms with Crippen molar-refractivity contribution in [1.29, 1.82) is 0 Å². The van der Waals surface area contributed by atoms with E-state index in [1.54, 1.807) is 21.7 Å². The fourth-order valence-electron chi connectivity index (χ4n) is 4.36. The van der Waals surface area contributed by atoms with Gasteiger partial charge in [-0.1, -0.05) is 23.7 Å². The standard InChI is InChI=1S/C25H27ClN6O4/c1-25(2,3)36-24(34)31-10-8-16(9-11-31)19-13-20(33)28-22-18(14-27-32(19)22)23-30-29-21(35-23)12-15-4-6-17(26)7-5-15/h4-7,13-14,16H,8-12H2,1-3H3,(H,28,33). The Morgan fingerprint density at radius 1 is 1.19 bits per heavy atom. The average molecular weight is 511 g/mol. The molecule has 188 valence electrons. The molecule has 10 nitrogen and oxygen atoms in total. The first-order valence-corrected chi connectivity index (χ1v) is 12.2. The van der Waals surface area contributed by atoms with Gasteiger partial charge in [0, 0.05) is 30.1 Å². The summed E-state index contributed by atoms with van der Waals surface area (Å²) in [7, 11) is 0. The second-order valence-corrected chi connectivity index (χ2v) is 10.4. The van der Waals surface area contributed by atoms with Crippen LogP contribution in [0.3, 0.4) is 0 Å². The second kappa shape index (κ2) is 9.42. The Balaban J connectivity index is 1.36. The number of aromatic nitrogens is 5. The number of nitrogens with zero attached hydrogens (tertiary/aromatic N) is 5. The Bertz CT molecular complexity index is 1440. The number of halogens is 1. The van der Waals surface area contributed by atoms with Crippen LogP contribution in [-0.2, 0) is 11.2 Å². The summed E-state index contributed by atoms with van der Waals surface area (Å²) in [5, 5.41) is 13.5. The van der Waals surface area contributed by atoms with E-state index in [2.05, 4.69) is 20.3 Å². The molecule has 4 aromatic rings. The smallest absolute Gasteiger partial charge is 0.410 e. The van der Waals surface area contributed by atoms with Gasteiger partial charge < -0.3 is 19.0 Å². The first-order valence-electron chi connectivity index (χ1n) is 11.8. The van der Waals surface area contributed by atoms with Crippen LogP contribution in [0.4, 0.5) is 4.79 Å². The van der Waals surface area contributed by atoms with Gasteiger partial charge >= 0.3 is 6.09 Å². The van der Waals surface area contributed by atoms with Crippen molar-refractivity contribution in [3.63, 3.8) is 0 Å². The summed E-state index contributed by atoms with van der Waals surface area (Å²) in [6.07, 6.45) is 3.15. The molecule has 1 aliphatic rings. The lowest BCUT2D eigenvalue weighted by Crippen LogP contribution is -2.41. The molecule has 3 aromatic heterocycles. The maximum absolute atomic E-state index is 12.6. The molecule has 0 bridgehead atoms. The minimum atomic E-state index is -0.540. The van der Waals surface area contributed by atoms with Crippen LogP contribution in [-0.4, -0.2) is 54.5 Å². The quantitative estimate of drug-likeness (QED) is 0.431. The van der Waals surface area contributed by atoms with Gasteiger partial charge in [-0.3, -0.25) is 4.79 Å². The number of carbonyl (C=O) groups is 1. The fourth-order valence-corrected chi connectivity index (χ4v) is 4.48. The number of likely N-dealkylation sites (tertiary alicyclic amines) is 1. The third kappa shape index (κ3) is 5.13. The molecule has 1 aliphatic heterocycles. The summed E-state index contributed by atoms with van der Waals surface area (Å²) < 4.78 is 13.1. The molecule has 0 spiro atoms. The van der Waals surface area contributed by atoms with E-state index in [-0.39, 0.29) is 23.5 Å². The molecule has 1 saturated heterocycles. The summed E-state index contributed by atoms with van der Waals surface area (Å²) in [5.41, 5.74) is 2.04. The molecule has 1 amide bonds. The molecule has 1 aromatic carbocycles. The molecule has 1 N–H and O–H groups in total. The molecule has 0 atom stereocenters. The largest absolute Gasteiger partial charge is 0.444 e. The normalized spacial score (nSPS) is 14.9. The van der Waals surface area contributed by atoms with E-state index in [0.29, 0.717) is 54.5 Å². The number of nitrogens with one attached hydrogen (secondary N) is 1. The Kier molecular flexibility index (Phi) is 6.29. The molecular weight excluding hydrogens is 484 g/mol. The maximum atomic E-state index is 12.6. The van der Waals surface area contributed by atoms with Crippen LogP contribution < -0.4 is 5.56 Å². The average Bonchev–Trinajstić information content (AvgIpc) is 3.46. The van der Waals surface area contributed by atoms with Gasteiger partial charge in [0.05, 0.1) is 18.3 Å². The Morgan fingerprint density at radius 3 is 2.61 bits per heavy atom. The highest BCUT2D eigenvalue weighted by Crippen LogP contribution is 2.30. The number of carbonyl (C=O) groups excluding carboxylic acids is 1. The van der Waals surface area contributed by atoms with E-state index >= 15 is 0 Å². The van der Waals surface area contributed by atoms with Gasteiger partial charge in [0.25, 0.3) is 11.4 Å². The Morgan fingerprint density at radius 2 is 1.92 bits per heavy atom. The molecule has 0 unspecified atom stereocenters. The minimum absolute atomic E-state index is 0.0596. The van der Waals surface area contributed by atoms with E-state index in [1.165, 1.54) is 0 Å². The summed E-state index contributed by atoms with van der Waals surface area (Å²) in [4.78, 5) is 29.6. The monoisotopic (exact) mass is 510 g/mol. The molecule has 5 rings (SSSR count). The number of ether oxygens (including phenoxy) is 1. The van der Waals surface area contributed by atoms with E-state index in [9.17, 15) is 9.59 Å². The summed E-state index contributed by atoms with van der Waals surface area (Å²) >= 11 is 5.95. The first kappa shape index (κ1) is 24.1. The van der Waals surface area contributed by atoms with Crippen LogP contribution in [0, 0.1) is 0 Å². The van der Waals surface area contributed by atoms with Crippen molar-refractivity contribution in [2.75, 3.05) is 13.1 Å². The van der Waals surface area contributed by atoms with Crippen molar-refractivity contribution in [2.45, 2.75) is 51.6 Å². The third-order valence-corrected chi connectivity index (χ3v) is 6.32. The number of benzene rings is 1. The zero-order valence-corrected chi connectivity index (χ0v) is 21.1. The predicted molar refractivity (Wildman–Crippen MR) is 133 cm³/mol. The fraction of sp³-hybridized carbons (Fsp3) is 0.400. The van der Waals surface area contributed by atoms with Gasteiger partial charge in [0.2, 0.25) is 5.89 Å². The van der Waals surface area contributed by atoms with Gasteiger partial charge in [-0.15, -0.1) is 10.2 Å². The molecule has 11 heteroatoms. The zero-order chi connectivity index (χ0) is 25.4. The van der Waals surface area contributed by atoms with Crippen LogP contribution in [0.5, 0.6) is 0 Å². The number of H-pyrrole nitrogens is 1. The number of hydrogen-bond donors (Lipinski definition) is 1. The molecular formula is C25H27ClN6O4. The first-order chi connectivity index (χ1) is 17.2. The van der Waals surface area contributed by atoms with E-state index in [0.717, 1.165) is 11.3 Å². The van der Waals surface area contributed by atoms with Gasteiger partial charge in [0.1, 0.15) is 16.8 Å². The number of amides is 1. The van der Waals surface area contributed by atoms with Gasteiger partial charge in [0.15, 0.2) is 0 Å². The van der Waals surface area contributed by atoms with Gasteiger partial charge in [-0.05, 0) is 51.3 Å². The van der Waals surface area contributed by atoms with Crippen LogP contribution in [0.2, 0.25) is 5.02 Å². The molecule has 0 saturated carbocycles. The van der Waals surface area contributed by atoms with E-state index in [4.69, 9.17) is 20.8 Å². The van der Waals surface area contributed by atoms with Crippen LogP contribution in [0.15, 0.2) is 45.7 Å². The second-order valence-electron chi connectivity index (χ2n) is 9.92. The summed E-state index contributed by atoms with van der Waals surface area (Å²) in [5.74, 6) is 0.783. The third-order valence-electron chi connectivity index (χ3n) is 6.07. The van der Waals surface area contributed by atoms with Gasteiger partial charge in [-0.25, -0.2) is 9.31 Å². The molecule has 4 heterocycles. The predicted octanol–water partition coefficient (Wildman–Crippen LogP) is 4.43. The molecule has 1 fully saturated rings. The SMILES string of the molecule is CC(C)(C)OC(=O)N1CCC(c2cc(=O)[nH]c3c(-c4nnc(Cc5ccc(Cl)cc5)o4)cnn23)CC1. The topological polar surface area (TPSA) is 119 Å². The number of rotatable bonds is 4. The van der Waals surface area contributed by atoms with Crippen molar-refractivity contribution in [3.05, 3.63) is 69.1 Å². The summed E-state index contributed by atoms with van der Waals surface area (Å²) in [6.45, 7) is 6.64. The number of hydrogen-bond acceptors (Lipinski definition) is 7. The van der Waals surface area contributed by atoms with Crippen molar-refractivity contribution < 1.29 is 13.9 Å². The van der Waals surface area contributed by atoms with E-state index < -0.39 is 5.60 Å². The van der Waals surface area contributed by atoms with Crippen LogP contribution >= 0.6 is 11.6 Å².